The molecule has 2 heteroatoms. The summed E-state index contributed by atoms with van der Waals surface area (Å²) in [5.74, 6) is 0.749. The Balaban J connectivity index is 1.51. The molecule has 0 unspecified atom stereocenters. The zero-order valence-electron chi connectivity index (χ0n) is 22.3. The molecule has 2 nitrogen and oxygen atoms in total. The third kappa shape index (κ3) is 2.91. The first-order valence-electron chi connectivity index (χ1n) is 14.1. The van der Waals surface area contributed by atoms with Crippen molar-refractivity contribution in [3.8, 4) is 45.0 Å². The molecule has 41 heavy (non-hydrogen) atoms. The fourth-order valence-corrected chi connectivity index (χ4v) is 7.30. The highest BCUT2D eigenvalue weighted by Crippen LogP contribution is 2.64. The van der Waals surface area contributed by atoms with Crippen molar-refractivity contribution in [2.75, 3.05) is 0 Å². The molecule has 0 aliphatic heterocycles. The number of hydrogen-bond acceptors (Lipinski definition) is 2. The lowest BCUT2D eigenvalue weighted by Gasteiger charge is -2.31. The number of benzene rings is 6. The summed E-state index contributed by atoms with van der Waals surface area (Å²) in [6.07, 6.45) is 0. The summed E-state index contributed by atoms with van der Waals surface area (Å²) < 4.78 is 0. The largest absolute Gasteiger partial charge is 0.228 e. The molecule has 0 radical (unpaired) electrons. The first-order chi connectivity index (χ1) is 20.4. The molecule has 9 rings (SSSR count). The Morgan fingerprint density at radius 2 is 0.878 bits per heavy atom. The van der Waals surface area contributed by atoms with E-state index in [1.807, 2.05) is 6.07 Å². The molecule has 1 aromatic heterocycles. The van der Waals surface area contributed by atoms with Gasteiger partial charge in [-0.15, -0.1) is 0 Å². The summed E-state index contributed by atoms with van der Waals surface area (Å²) >= 11 is 0. The average Bonchev–Trinajstić information content (AvgIpc) is 3.52. The van der Waals surface area contributed by atoms with E-state index in [9.17, 15) is 0 Å². The van der Waals surface area contributed by atoms with Crippen LogP contribution in [0, 0.1) is 0 Å². The molecule has 0 saturated carbocycles. The summed E-state index contributed by atoms with van der Waals surface area (Å²) in [7, 11) is 0. The normalized spacial score (nSPS) is 13.6. The van der Waals surface area contributed by atoms with Crippen LogP contribution in [0.15, 0.2) is 146 Å². The second kappa shape index (κ2) is 8.33. The minimum Gasteiger partial charge on any atom is -0.228 e. The Bertz CT molecular complexity index is 2110. The van der Waals surface area contributed by atoms with E-state index < -0.39 is 5.41 Å². The van der Waals surface area contributed by atoms with Crippen LogP contribution in [0.1, 0.15) is 22.3 Å². The van der Waals surface area contributed by atoms with Gasteiger partial charge in [0, 0.05) is 22.3 Å². The maximum Gasteiger partial charge on any atom is 0.160 e. The maximum atomic E-state index is 5.47. The van der Waals surface area contributed by atoms with E-state index in [2.05, 4.69) is 140 Å². The molecule has 7 aromatic rings. The van der Waals surface area contributed by atoms with Gasteiger partial charge in [0.2, 0.25) is 0 Å². The summed E-state index contributed by atoms with van der Waals surface area (Å²) in [6, 6.07) is 52.2. The van der Waals surface area contributed by atoms with Gasteiger partial charge >= 0.3 is 0 Å². The zero-order chi connectivity index (χ0) is 27.0. The molecular weight excluding hydrogens is 496 g/mol. The first kappa shape index (κ1) is 22.5. The van der Waals surface area contributed by atoms with E-state index in [1.165, 1.54) is 49.7 Å². The summed E-state index contributed by atoms with van der Waals surface area (Å²) in [5.41, 5.74) is 12.4. The molecule has 0 bridgehead atoms. The molecule has 0 N–H and O–H groups in total. The van der Waals surface area contributed by atoms with Crippen LogP contribution in [-0.4, -0.2) is 9.97 Å². The van der Waals surface area contributed by atoms with Gasteiger partial charge in [-0.05, 0) is 38.6 Å². The molecular formula is C39H24N2. The van der Waals surface area contributed by atoms with Crippen LogP contribution in [0.25, 0.3) is 55.8 Å². The van der Waals surface area contributed by atoms with Crippen molar-refractivity contribution in [1.82, 2.24) is 9.97 Å². The Morgan fingerprint density at radius 1 is 0.390 bits per heavy atom. The van der Waals surface area contributed by atoms with E-state index in [0.29, 0.717) is 0 Å². The topological polar surface area (TPSA) is 25.8 Å². The summed E-state index contributed by atoms with van der Waals surface area (Å²) in [6.45, 7) is 0. The number of rotatable bonds is 2. The molecule has 2 aliphatic rings. The van der Waals surface area contributed by atoms with Crippen LogP contribution in [0.3, 0.4) is 0 Å². The average molecular weight is 521 g/mol. The van der Waals surface area contributed by atoms with Crippen LogP contribution >= 0.6 is 0 Å². The van der Waals surface area contributed by atoms with Crippen molar-refractivity contribution >= 4 is 10.8 Å². The quantitative estimate of drug-likeness (QED) is 0.227. The predicted molar refractivity (Wildman–Crippen MR) is 167 cm³/mol. The number of aromatic nitrogens is 2. The van der Waals surface area contributed by atoms with E-state index >= 15 is 0 Å². The van der Waals surface area contributed by atoms with Gasteiger partial charge in [0.1, 0.15) is 0 Å². The molecule has 0 fully saturated rings. The number of hydrogen-bond donors (Lipinski definition) is 0. The van der Waals surface area contributed by atoms with Crippen molar-refractivity contribution < 1.29 is 0 Å². The highest BCUT2D eigenvalue weighted by Gasteiger charge is 2.54. The van der Waals surface area contributed by atoms with E-state index in [4.69, 9.17) is 9.97 Å². The van der Waals surface area contributed by atoms with Gasteiger partial charge in [-0.3, -0.25) is 0 Å². The van der Waals surface area contributed by atoms with Gasteiger partial charge in [-0.1, -0.05) is 146 Å². The van der Waals surface area contributed by atoms with Crippen molar-refractivity contribution in [2.45, 2.75) is 5.41 Å². The Labute approximate surface area is 238 Å². The second-order valence-corrected chi connectivity index (χ2v) is 10.9. The second-order valence-electron chi connectivity index (χ2n) is 10.9. The highest BCUT2D eigenvalue weighted by atomic mass is 14.9. The monoisotopic (exact) mass is 520 g/mol. The Kier molecular flexibility index (Phi) is 4.57. The number of nitrogens with zero attached hydrogens (tertiary/aromatic N) is 2. The SMILES string of the molecule is c1ccc(-c2nc3c(c(-c4cccc5ccccc45)n2)C2(c4ccccc4-c4ccccc42)c2ccccc2-3)cc1. The van der Waals surface area contributed by atoms with Crippen molar-refractivity contribution in [1.29, 1.82) is 0 Å². The molecule has 0 amide bonds. The third-order valence-electron chi connectivity index (χ3n) is 8.90. The smallest absolute Gasteiger partial charge is 0.160 e. The molecule has 2 aliphatic carbocycles. The van der Waals surface area contributed by atoms with Crippen LogP contribution < -0.4 is 0 Å². The zero-order valence-corrected chi connectivity index (χ0v) is 22.3. The van der Waals surface area contributed by atoms with Gasteiger partial charge in [0.05, 0.1) is 16.8 Å². The van der Waals surface area contributed by atoms with Crippen LogP contribution in [-0.2, 0) is 5.41 Å². The van der Waals surface area contributed by atoms with Crippen molar-refractivity contribution in [3.05, 3.63) is 168 Å². The maximum absolute atomic E-state index is 5.47. The van der Waals surface area contributed by atoms with Gasteiger partial charge < -0.3 is 0 Å². The lowest BCUT2D eigenvalue weighted by Crippen LogP contribution is -2.27. The standard InChI is InChI=1S/C39H24N2/c1-2-14-26(15-3-1)38-40-36(30-21-12-16-25-13-4-5-17-27(25)30)35-37(41-38)31-20-8-11-24-34(31)39(35)32-22-9-6-18-28(32)29-19-7-10-23-33(29)39/h1-24H. The number of fused-ring (bicyclic) bond motifs is 11. The van der Waals surface area contributed by atoms with Gasteiger partial charge in [0.25, 0.3) is 0 Å². The molecule has 0 saturated heterocycles. The Hall–Kier alpha value is -5.34. The van der Waals surface area contributed by atoms with Gasteiger partial charge in [-0.25, -0.2) is 9.97 Å². The Morgan fingerprint density at radius 3 is 1.59 bits per heavy atom. The highest BCUT2D eigenvalue weighted by molar-refractivity contribution is 6.02. The molecule has 190 valence electrons. The first-order valence-corrected chi connectivity index (χ1v) is 14.1. The van der Waals surface area contributed by atoms with E-state index in [1.54, 1.807) is 0 Å². The van der Waals surface area contributed by atoms with Crippen LogP contribution in [0.4, 0.5) is 0 Å². The molecule has 1 heterocycles. The molecule has 0 atom stereocenters. The van der Waals surface area contributed by atoms with E-state index in [-0.39, 0.29) is 0 Å². The molecule has 6 aromatic carbocycles. The lowest BCUT2D eigenvalue weighted by atomic mass is 9.69. The predicted octanol–water partition coefficient (Wildman–Crippen LogP) is 9.31. The van der Waals surface area contributed by atoms with Crippen molar-refractivity contribution in [3.63, 3.8) is 0 Å². The van der Waals surface area contributed by atoms with Gasteiger partial charge in [-0.2, -0.15) is 0 Å². The third-order valence-corrected chi connectivity index (χ3v) is 8.90. The summed E-state index contributed by atoms with van der Waals surface area (Å²) in [5, 5.41) is 2.40. The lowest BCUT2D eigenvalue weighted by molar-refractivity contribution is 0.788. The van der Waals surface area contributed by atoms with Crippen LogP contribution in [0.2, 0.25) is 0 Å². The minimum atomic E-state index is -0.513. The minimum absolute atomic E-state index is 0.513. The summed E-state index contributed by atoms with van der Waals surface area (Å²) in [4.78, 5) is 10.9. The fraction of sp³-hybridized carbons (Fsp3) is 0.0256. The van der Waals surface area contributed by atoms with Gasteiger partial charge in [0.15, 0.2) is 5.82 Å². The van der Waals surface area contributed by atoms with Crippen molar-refractivity contribution in [2.24, 2.45) is 0 Å². The van der Waals surface area contributed by atoms with E-state index in [0.717, 1.165) is 28.3 Å². The van der Waals surface area contributed by atoms with Crippen LogP contribution in [0.5, 0.6) is 0 Å². The molecule has 1 spiro atoms. The fourth-order valence-electron chi connectivity index (χ4n) is 7.30.